The number of hydrogen-bond acceptors (Lipinski definition) is 4. The Morgan fingerprint density at radius 3 is 2.70 bits per heavy atom. The highest BCUT2D eigenvalue weighted by Gasteiger charge is 2.37. The lowest BCUT2D eigenvalue weighted by Gasteiger charge is -2.18. The van der Waals surface area contributed by atoms with Crippen LogP contribution in [0.1, 0.15) is 30.6 Å². The van der Waals surface area contributed by atoms with Gasteiger partial charge in [0.25, 0.3) is 10.0 Å². The third-order valence-corrected chi connectivity index (χ3v) is 7.08. The van der Waals surface area contributed by atoms with Crippen molar-refractivity contribution in [2.75, 3.05) is 6.54 Å². The molecule has 3 rings (SSSR count). The second-order valence-corrected chi connectivity index (χ2v) is 8.76. The Hall–Kier alpha value is -0.690. The maximum atomic E-state index is 12.6. The van der Waals surface area contributed by atoms with Crippen LogP contribution in [0.25, 0.3) is 0 Å². The van der Waals surface area contributed by atoms with Crippen molar-refractivity contribution in [1.29, 1.82) is 0 Å². The van der Waals surface area contributed by atoms with Gasteiger partial charge in [0, 0.05) is 30.1 Å². The van der Waals surface area contributed by atoms with Gasteiger partial charge in [-0.25, -0.2) is 8.42 Å². The Kier molecular flexibility index (Phi) is 3.99. The van der Waals surface area contributed by atoms with Crippen LogP contribution < -0.4 is 5.32 Å². The first kappa shape index (κ1) is 14.3. The van der Waals surface area contributed by atoms with E-state index in [2.05, 4.69) is 11.9 Å². The molecule has 20 heavy (non-hydrogen) atoms. The van der Waals surface area contributed by atoms with Crippen LogP contribution in [0.15, 0.2) is 29.0 Å². The molecule has 0 saturated heterocycles. The van der Waals surface area contributed by atoms with E-state index in [1.165, 1.54) is 24.2 Å². The summed E-state index contributed by atoms with van der Waals surface area (Å²) >= 11 is 1.38. The maximum Gasteiger partial charge on any atom is 0.253 e. The summed E-state index contributed by atoms with van der Waals surface area (Å²) in [5.74, 6) is 0. The van der Waals surface area contributed by atoms with E-state index in [1.54, 1.807) is 16.4 Å². The summed E-state index contributed by atoms with van der Waals surface area (Å²) in [6, 6.07) is 4.47. The largest absolute Gasteiger partial charge is 0.309 e. The molecule has 1 aromatic rings. The average molecular weight is 312 g/mol. The number of sulfonamides is 1. The molecule has 0 aliphatic heterocycles. The normalized spacial score (nSPS) is 19.4. The molecule has 1 aromatic heterocycles. The van der Waals surface area contributed by atoms with E-state index in [0.29, 0.717) is 16.8 Å². The SMILES string of the molecule is C=CCN(C1CC1)S(=O)(=O)c1ccc(CNC2CC2)s1. The fourth-order valence-corrected chi connectivity index (χ4v) is 5.26. The number of hydrogen-bond donors (Lipinski definition) is 1. The van der Waals surface area contributed by atoms with Crippen LogP contribution in [0.4, 0.5) is 0 Å². The number of nitrogens with one attached hydrogen (secondary N) is 1. The van der Waals surface area contributed by atoms with Gasteiger partial charge in [0.05, 0.1) is 0 Å². The van der Waals surface area contributed by atoms with E-state index in [4.69, 9.17) is 0 Å². The van der Waals surface area contributed by atoms with Gasteiger partial charge >= 0.3 is 0 Å². The Morgan fingerprint density at radius 2 is 2.10 bits per heavy atom. The van der Waals surface area contributed by atoms with E-state index >= 15 is 0 Å². The zero-order chi connectivity index (χ0) is 14.2. The van der Waals surface area contributed by atoms with Crippen LogP contribution in [0.3, 0.4) is 0 Å². The Morgan fingerprint density at radius 1 is 1.35 bits per heavy atom. The van der Waals surface area contributed by atoms with Gasteiger partial charge in [-0.1, -0.05) is 6.08 Å². The lowest BCUT2D eigenvalue weighted by molar-refractivity contribution is 0.437. The summed E-state index contributed by atoms with van der Waals surface area (Å²) in [5.41, 5.74) is 0. The van der Waals surface area contributed by atoms with Gasteiger partial charge in [0.15, 0.2) is 0 Å². The van der Waals surface area contributed by atoms with Gasteiger partial charge < -0.3 is 5.32 Å². The van der Waals surface area contributed by atoms with Gasteiger partial charge in [-0.3, -0.25) is 0 Å². The van der Waals surface area contributed by atoms with Gasteiger partial charge in [-0.15, -0.1) is 17.9 Å². The standard InChI is InChI=1S/C14H20N2O2S2/c1-2-9-16(12-5-6-12)20(17,18)14-8-7-13(19-14)10-15-11-3-4-11/h2,7-8,11-12,15H,1,3-6,9-10H2. The summed E-state index contributed by atoms with van der Waals surface area (Å²) < 4.78 is 27.3. The predicted octanol–water partition coefficient (Wildman–Crippen LogP) is 2.34. The highest BCUT2D eigenvalue weighted by atomic mass is 32.2. The number of nitrogens with zero attached hydrogens (tertiary/aromatic N) is 1. The molecule has 4 nitrogen and oxygen atoms in total. The van der Waals surface area contributed by atoms with Crippen molar-refractivity contribution in [3.63, 3.8) is 0 Å². The summed E-state index contributed by atoms with van der Waals surface area (Å²) in [5, 5.41) is 3.41. The second kappa shape index (κ2) is 5.60. The van der Waals surface area contributed by atoms with Crippen LogP contribution in [0, 0.1) is 0 Å². The lowest BCUT2D eigenvalue weighted by atomic mass is 10.4. The van der Waals surface area contributed by atoms with Gasteiger partial charge in [0.2, 0.25) is 0 Å². The van der Waals surface area contributed by atoms with E-state index in [-0.39, 0.29) is 6.04 Å². The van der Waals surface area contributed by atoms with E-state index in [1.807, 2.05) is 6.07 Å². The molecule has 0 radical (unpaired) electrons. The molecule has 110 valence electrons. The average Bonchev–Trinajstić information content (AvgIpc) is 3.33. The fraction of sp³-hybridized carbons (Fsp3) is 0.571. The van der Waals surface area contributed by atoms with Crippen molar-refractivity contribution in [2.45, 2.75) is 48.5 Å². The van der Waals surface area contributed by atoms with Gasteiger partial charge in [0.1, 0.15) is 4.21 Å². The van der Waals surface area contributed by atoms with Crippen molar-refractivity contribution in [1.82, 2.24) is 9.62 Å². The zero-order valence-corrected chi connectivity index (χ0v) is 13.0. The minimum absolute atomic E-state index is 0.174. The van der Waals surface area contributed by atoms with Crippen molar-refractivity contribution in [3.05, 3.63) is 29.7 Å². The molecule has 0 amide bonds. The first-order valence-electron chi connectivity index (χ1n) is 7.06. The molecule has 0 unspecified atom stereocenters. The van der Waals surface area contributed by atoms with Crippen molar-refractivity contribution in [3.8, 4) is 0 Å². The predicted molar refractivity (Wildman–Crippen MR) is 81.3 cm³/mol. The molecular formula is C14H20N2O2S2. The van der Waals surface area contributed by atoms with Crippen molar-refractivity contribution >= 4 is 21.4 Å². The maximum absolute atomic E-state index is 12.6. The lowest BCUT2D eigenvalue weighted by Crippen LogP contribution is -2.32. The molecule has 2 aliphatic rings. The minimum atomic E-state index is -3.35. The highest BCUT2D eigenvalue weighted by Crippen LogP contribution is 2.34. The highest BCUT2D eigenvalue weighted by molar-refractivity contribution is 7.91. The van der Waals surface area contributed by atoms with Gasteiger partial charge in [-0.05, 0) is 37.8 Å². The second-order valence-electron chi connectivity index (χ2n) is 5.47. The van der Waals surface area contributed by atoms with Crippen LogP contribution >= 0.6 is 11.3 Å². The molecular weight excluding hydrogens is 292 g/mol. The molecule has 1 heterocycles. The van der Waals surface area contributed by atoms with Crippen LogP contribution in [-0.2, 0) is 16.6 Å². The molecule has 1 N–H and O–H groups in total. The fourth-order valence-electron chi connectivity index (χ4n) is 2.17. The van der Waals surface area contributed by atoms with Crippen LogP contribution in [0.2, 0.25) is 0 Å². The van der Waals surface area contributed by atoms with Crippen LogP contribution in [-0.4, -0.2) is 31.4 Å². The monoisotopic (exact) mass is 312 g/mol. The van der Waals surface area contributed by atoms with E-state index in [0.717, 1.165) is 24.3 Å². The van der Waals surface area contributed by atoms with Gasteiger partial charge in [-0.2, -0.15) is 4.31 Å². The Bertz CT molecular complexity index is 586. The first-order valence-corrected chi connectivity index (χ1v) is 9.32. The number of rotatable bonds is 8. The van der Waals surface area contributed by atoms with Crippen LogP contribution in [0.5, 0.6) is 0 Å². The summed E-state index contributed by atoms with van der Waals surface area (Å²) in [6.45, 7) is 4.84. The molecule has 6 heteroatoms. The zero-order valence-electron chi connectivity index (χ0n) is 11.4. The number of thiophene rings is 1. The third kappa shape index (κ3) is 3.14. The molecule has 0 atom stereocenters. The first-order chi connectivity index (χ1) is 9.61. The molecule has 0 aromatic carbocycles. The van der Waals surface area contributed by atoms with Crippen molar-refractivity contribution in [2.24, 2.45) is 0 Å². The summed E-state index contributed by atoms with van der Waals surface area (Å²) in [6.07, 6.45) is 6.08. The Labute approximate surface area is 124 Å². The molecule has 2 fully saturated rings. The minimum Gasteiger partial charge on any atom is -0.309 e. The Balaban J connectivity index is 1.73. The van der Waals surface area contributed by atoms with E-state index < -0.39 is 10.0 Å². The summed E-state index contributed by atoms with van der Waals surface area (Å²) in [7, 11) is -3.35. The topological polar surface area (TPSA) is 49.4 Å². The molecule has 2 aliphatic carbocycles. The summed E-state index contributed by atoms with van der Waals surface area (Å²) in [4.78, 5) is 1.09. The third-order valence-electron chi connectivity index (χ3n) is 3.61. The molecule has 2 saturated carbocycles. The van der Waals surface area contributed by atoms with E-state index in [9.17, 15) is 8.42 Å². The quantitative estimate of drug-likeness (QED) is 0.750. The molecule has 0 spiro atoms. The smallest absolute Gasteiger partial charge is 0.253 e. The molecule has 0 bridgehead atoms. The van der Waals surface area contributed by atoms with Crippen molar-refractivity contribution < 1.29 is 8.42 Å².